The molecule has 0 aliphatic heterocycles. The Morgan fingerprint density at radius 1 is 1.47 bits per heavy atom. The Morgan fingerprint density at radius 2 is 2.12 bits per heavy atom. The number of nitriles is 1. The lowest BCUT2D eigenvalue weighted by molar-refractivity contribution is 0.579. The van der Waals surface area contributed by atoms with Crippen molar-refractivity contribution in [1.29, 1.82) is 5.26 Å². The molecule has 0 spiro atoms. The van der Waals surface area contributed by atoms with Gasteiger partial charge < -0.3 is 5.73 Å². The summed E-state index contributed by atoms with van der Waals surface area (Å²) in [5.41, 5.74) is 6.44. The number of sulfonamides is 1. The van der Waals surface area contributed by atoms with Gasteiger partial charge >= 0.3 is 0 Å². The van der Waals surface area contributed by atoms with Crippen LogP contribution in [0.5, 0.6) is 0 Å². The number of nitrogens with zero attached hydrogens (tertiary/aromatic N) is 1. The average molecular weight is 251 g/mol. The van der Waals surface area contributed by atoms with Gasteiger partial charge in [-0.2, -0.15) is 5.26 Å². The summed E-state index contributed by atoms with van der Waals surface area (Å²) >= 11 is 0. The lowest BCUT2D eigenvalue weighted by Gasteiger charge is -2.06. The number of hydrogen-bond donors (Lipinski definition) is 2. The molecule has 17 heavy (non-hydrogen) atoms. The fourth-order valence-electron chi connectivity index (χ4n) is 1.58. The van der Waals surface area contributed by atoms with Crippen molar-refractivity contribution in [3.63, 3.8) is 0 Å². The van der Waals surface area contributed by atoms with Crippen molar-refractivity contribution in [3.05, 3.63) is 35.4 Å². The van der Waals surface area contributed by atoms with Crippen LogP contribution in [0, 0.1) is 11.3 Å². The molecule has 0 radical (unpaired) electrons. The van der Waals surface area contributed by atoms with E-state index < -0.39 is 10.0 Å². The summed E-state index contributed by atoms with van der Waals surface area (Å²) in [5, 5.41) is 8.87. The van der Waals surface area contributed by atoms with E-state index in [1.807, 2.05) is 6.07 Å². The lowest BCUT2D eigenvalue weighted by Crippen LogP contribution is -2.31. The number of nitrogens with two attached hydrogens (primary N) is 1. The minimum atomic E-state index is -3.42. The molecular formula is C11H13N3O2S. The highest BCUT2D eigenvalue weighted by atomic mass is 32.2. The van der Waals surface area contributed by atoms with Crippen molar-refractivity contribution in [3.8, 4) is 6.07 Å². The van der Waals surface area contributed by atoms with Crippen LogP contribution in [0.15, 0.2) is 24.3 Å². The van der Waals surface area contributed by atoms with Gasteiger partial charge in [0, 0.05) is 12.1 Å². The quantitative estimate of drug-likeness (QED) is 0.792. The molecule has 0 saturated heterocycles. The van der Waals surface area contributed by atoms with Crippen molar-refractivity contribution in [1.82, 2.24) is 4.72 Å². The normalized spacial score (nSPS) is 23.1. The van der Waals surface area contributed by atoms with E-state index in [9.17, 15) is 8.42 Å². The molecule has 0 heterocycles. The molecule has 1 fully saturated rings. The topological polar surface area (TPSA) is 96.0 Å². The molecule has 0 bridgehead atoms. The largest absolute Gasteiger partial charge is 0.326 e. The van der Waals surface area contributed by atoms with E-state index in [1.165, 1.54) is 0 Å². The lowest BCUT2D eigenvalue weighted by atomic mass is 10.1. The Bertz CT molecular complexity index is 562. The molecule has 1 aromatic carbocycles. The minimum Gasteiger partial charge on any atom is -0.326 e. The highest BCUT2D eigenvalue weighted by Crippen LogP contribution is 2.20. The zero-order valence-corrected chi connectivity index (χ0v) is 9.94. The Kier molecular flexibility index (Phi) is 3.15. The SMILES string of the molecule is N#Cc1ccccc1CS(=O)(=O)NC1CC1N. The van der Waals surface area contributed by atoms with Crippen molar-refractivity contribution < 1.29 is 8.42 Å². The van der Waals surface area contributed by atoms with Gasteiger partial charge in [0.1, 0.15) is 0 Å². The maximum atomic E-state index is 11.8. The molecule has 1 aliphatic carbocycles. The van der Waals surface area contributed by atoms with Gasteiger partial charge in [-0.15, -0.1) is 0 Å². The second-order valence-electron chi connectivity index (χ2n) is 4.15. The van der Waals surface area contributed by atoms with Crippen LogP contribution in [-0.2, 0) is 15.8 Å². The molecule has 0 amide bonds. The van der Waals surface area contributed by atoms with E-state index >= 15 is 0 Å². The summed E-state index contributed by atoms with van der Waals surface area (Å²) in [6.45, 7) is 0. The van der Waals surface area contributed by atoms with Gasteiger partial charge in [-0.05, 0) is 18.1 Å². The maximum absolute atomic E-state index is 11.8. The second kappa shape index (κ2) is 4.45. The van der Waals surface area contributed by atoms with Gasteiger partial charge in [-0.1, -0.05) is 18.2 Å². The smallest absolute Gasteiger partial charge is 0.216 e. The summed E-state index contributed by atoms with van der Waals surface area (Å²) in [7, 11) is -3.42. The Balaban J connectivity index is 2.12. The van der Waals surface area contributed by atoms with Crippen LogP contribution in [0.25, 0.3) is 0 Å². The Labute approximate surface area is 100 Å². The third kappa shape index (κ3) is 3.03. The van der Waals surface area contributed by atoms with Crippen molar-refractivity contribution in [2.75, 3.05) is 0 Å². The third-order valence-electron chi connectivity index (χ3n) is 2.65. The van der Waals surface area contributed by atoms with Gasteiger partial charge in [0.05, 0.1) is 17.4 Å². The standard InChI is InChI=1S/C11H13N3O2S/c12-6-8-3-1-2-4-9(8)7-17(15,16)14-11-5-10(11)13/h1-4,10-11,14H,5,7,13H2. The summed E-state index contributed by atoms with van der Waals surface area (Å²) < 4.78 is 26.1. The molecule has 1 aromatic rings. The van der Waals surface area contributed by atoms with Gasteiger partial charge in [0.25, 0.3) is 0 Å². The number of nitrogens with one attached hydrogen (secondary N) is 1. The predicted molar refractivity (Wildman–Crippen MR) is 63.3 cm³/mol. The van der Waals surface area contributed by atoms with Crippen LogP contribution in [-0.4, -0.2) is 20.5 Å². The van der Waals surface area contributed by atoms with Crippen LogP contribution >= 0.6 is 0 Å². The molecule has 2 unspecified atom stereocenters. The van der Waals surface area contributed by atoms with Crippen LogP contribution in [0.3, 0.4) is 0 Å². The van der Waals surface area contributed by atoms with Crippen LogP contribution in [0.1, 0.15) is 17.5 Å². The first-order valence-corrected chi connectivity index (χ1v) is 6.90. The molecule has 1 saturated carbocycles. The number of hydrogen-bond acceptors (Lipinski definition) is 4. The first-order chi connectivity index (χ1) is 8.02. The Hall–Kier alpha value is -1.42. The minimum absolute atomic E-state index is 0.0732. The maximum Gasteiger partial charge on any atom is 0.216 e. The molecule has 1 aliphatic rings. The van der Waals surface area contributed by atoms with E-state index in [4.69, 9.17) is 11.0 Å². The first-order valence-electron chi connectivity index (χ1n) is 5.25. The van der Waals surface area contributed by atoms with E-state index in [0.29, 0.717) is 17.5 Å². The highest BCUT2D eigenvalue weighted by molar-refractivity contribution is 7.88. The van der Waals surface area contributed by atoms with Gasteiger partial charge in [-0.25, -0.2) is 13.1 Å². The number of benzene rings is 1. The first kappa shape index (κ1) is 12.0. The van der Waals surface area contributed by atoms with Crippen molar-refractivity contribution in [2.24, 2.45) is 5.73 Å². The van der Waals surface area contributed by atoms with E-state index in [1.54, 1.807) is 24.3 Å². The van der Waals surface area contributed by atoms with E-state index in [-0.39, 0.29) is 17.8 Å². The molecule has 90 valence electrons. The Morgan fingerprint density at radius 3 is 2.71 bits per heavy atom. The molecule has 3 N–H and O–H groups in total. The van der Waals surface area contributed by atoms with Gasteiger partial charge in [0.15, 0.2) is 0 Å². The molecule has 2 atom stereocenters. The fraction of sp³-hybridized carbons (Fsp3) is 0.364. The van der Waals surface area contributed by atoms with Crippen LogP contribution in [0.4, 0.5) is 0 Å². The number of rotatable bonds is 4. The molecule has 5 nitrogen and oxygen atoms in total. The molecule has 6 heteroatoms. The van der Waals surface area contributed by atoms with Crippen molar-refractivity contribution in [2.45, 2.75) is 24.3 Å². The summed E-state index contributed by atoms with van der Waals surface area (Å²) in [6, 6.07) is 8.43. The van der Waals surface area contributed by atoms with Crippen molar-refractivity contribution >= 4 is 10.0 Å². The predicted octanol–water partition coefficient (Wildman–Crippen LogP) is 0.0773. The zero-order chi connectivity index (χ0) is 12.5. The highest BCUT2D eigenvalue weighted by Gasteiger charge is 2.36. The van der Waals surface area contributed by atoms with Crippen LogP contribution in [0.2, 0.25) is 0 Å². The average Bonchev–Trinajstić information content (AvgIpc) is 2.93. The summed E-state index contributed by atoms with van der Waals surface area (Å²) in [5.74, 6) is -0.181. The van der Waals surface area contributed by atoms with E-state index in [2.05, 4.69) is 4.72 Å². The summed E-state index contributed by atoms with van der Waals surface area (Å²) in [4.78, 5) is 0. The summed E-state index contributed by atoms with van der Waals surface area (Å²) in [6.07, 6.45) is 0.680. The van der Waals surface area contributed by atoms with Gasteiger partial charge in [-0.3, -0.25) is 0 Å². The zero-order valence-electron chi connectivity index (χ0n) is 9.13. The van der Waals surface area contributed by atoms with E-state index in [0.717, 1.165) is 0 Å². The molecule has 2 rings (SSSR count). The second-order valence-corrected chi connectivity index (χ2v) is 5.91. The van der Waals surface area contributed by atoms with Gasteiger partial charge in [0.2, 0.25) is 10.0 Å². The van der Waals surface area contributed by atoms with Crippen LogP contribution < -0.4 is 10.5 Å². The monoisotopic (exact) mass is 251 g/mol. The molecular weight excluding hydrogens is 238 g/mol. The molecule has 0 aromatic heterocycles. The fourth-order valence-corrected chi connectivity index (χ4v) is 3.06. The third-order valence-corrected chi connectivity index (χ3v) is 4.01.